The number of nitrogens with zero attached hydrogens (tertiary/aromatic N) is 1. The lowest BCUT2D eigenvalue weighted by atomic mass is 9.98. The van der Waals surface area contributed by atoms with Gasteiger partial charge in [-0.05, 0) is 57.2 Å². The highest BCUT2D eigenvalue weighted by molar-refractivity contribution is 5.92. The van der Waals surface area contributed by atoms with Crippen LogP contribution in [0, 0.1) is 18.3 Å². The molecule has 0 aliphatic heterocycles. The van der Waals surface area contributed by atoms with Crippen LogP contribution >= 0.6 is 0 Å². The quantitative estimate of drug-likeness (QED) is 0.289. The van der Waals surface area contributed by atoms with Crippen LogP contribution in [-0.2, 0) is 14.3 Å². The number of alkyl carbamates (subject to hydrolysis) is 1. The summed E-state index contributed by atoms with van der Waals surface area (Å²) in [6, 6.07) is 5.44. The topological polar surface area (TPSA) is 87.7 Å². The minimum atomic E-state index is -0.850. The van der Waals surface area contributed by atoms with E-state index in [0.29, 0.717) is 30.6 Å². The fraction of sp³-hybridized carbons (Fsp3) is 0.621. The molecule has 7 heteroatoms. The van der Waals surface area contributed by atoms with Crippen molar-refractivity contribution < 1.29 is 19.1 Å². The summed E-state index contributed by atoms with van der Waals surface area (Å²) in [6.07, 6.45) is 9.33. The molecule has 1 aromatic carbocycles. The number of ether oxygens (including phenoxy) is 1. The third kappa shape index (κ3) is 10.3. The Morgan fingerprint density at radius 2 is 1.64 bits per heavy atom. The molecule has 200 valence electrons. The molecule has 0 aliphatic carbocycles. The molecule has 0 aromatic heterocycles. The average Bonchev–Trinajstić information content (AvgIpc) is 2.81. The van der Waals surface area contributed by atoms with Gasteiger partial charge in [0.1, 0.15) is 17.7 Å². The molecule has 0 saturated carbocycles. The van der Waals surface area contributed by atoms with Crippen LogP contribution in [0.25, 0.3) is 0 Å². The van der Waals surface area contributed by atoms with Gasteiger partial charge in [-0.25, -0.2) is 4.79 Å². The molecule has 0 saturated heterocycles. The Morgan fingerprint density at radius 3 is 2.14 bits per heavy atom. The number of benzene rings is 1. The number of hydrogen-bond acceptors (Lipinski definition) is 4. The first-order chi connectivity index (χ1) is 16.9. The smallest absolute Gasteiger partial charge is 0.408 e. The van der Waals surface area contributed by atoms with Gasteiger partial charge in [0, 0.05) is 18.7 Å². The monoisotopic (exact) mass is 499 g/mol. The van der Waals surface area contributed by atoms with Crippen molar-refractivity contribution in [1.29, 1.82) is 0 Å². The maximum Gasteiger partial charge on any atom is 0.408 e. The highest BCUT2D eigenvalue weighted by atomic mass is 16.6. The largest absolute Gasteiger partial charge is 0.444 e. The molecule has 3 amide bonds. The van der Waals surface area contributed by atoms with E-state index in [1.54, 1.807) is 49.9 Å². The molecule has 1 aromatic rings. The maximum atomic E-state index is 14.0. The summed E-state index contributed by atoms with van der Waals surface area (Å²) in [5, 5.41) is 5.75. The van der Waals surface area contributed by atoms with E-state index in [1.165, 1.54) is 0 Å². The van der Waals surface area contributed by atoms with E-state index in [2.05, 4.69) is 23.5 Å². The summed E-state index contributed by atoms with van der Waals surface area (Å²) in [7, 11) is 0. The van der Waals surface area contributed by atoms with Crippen molar-refractivity contribution in [2.45, 2.75) is 98.3 Å². The van der Waals surface area contributed by atoms with E-state index in [0.717, 1.165) is 25.7 Å². The fourth-order valence-electron chi connectivity index (χ4n) is 3.74. The van der Waals surface area contributed by atoms with Crippen LogP contribution in [0.3, 0.4) is 0 Å². The summed E-state index contributed by atoms with van der Waals surface area (Å²) >= 11 is 0. The van der Waals surface area contributed by atoms with Gasteiger partial charge in [-0.1, -0.05) is 65.0 Å². The molecule has 2 N–H and O–H groups in total. The van der Waals surface area contributed by atoms with Crippen molar-refractivity contribution in [1.82, 2.24) is 15.5 Å². The average molecular weight is 500 g/mol. The van der Waals surface area contributed by atoms with Gasteiger partial charge in [-0.15, -0.1) is 6.42 Å². The maximum absolute atomic E-state index is 14.0. The molecule has 0 bridgehead atoms. The fourth-order valence-corrected chi connectivity index (χ4v) is 3.74. The van der Waals surface area contributed by atoms with Crippen LogP contribution in [0.15, 0.2) is 24.3 Å². The molecule has 0 fully saturated rings. The zero-order chi connectivity index (χ0) is 27.3. The molecular weight excluding hydrogens is 454 g/mol. The molecule has 36 heavy (non-hydrogen) atoms. The van der Waals surface area contributed by atoms with Crippen LogP contribution < -0.4 is 10.6 Å². The molecule has 2 unspecified atom stereocenters. The molecule has 1 rings (SSSR count). The summed E-state index contributed by atoms with van der Waals surface area (Å²) < 4.78 is 5.40. The number of amides is 3. The van der Waals surface area contributed by atoms with Gasteiger partial charge < -0.3 is 20.3 Å². The predicted octanol–water partition coefficient (Wildman–Crippen LogP) is 5.19. The van der Waals surface area contributed by atoms with E-state index in [-0.39, 0.29) is 17.7 Å². The summed E-state index contributed by atoms with van der Waals surface area (Å²) in [5.74, 6) is 1.80. The van der Waals surface area contributed by atoms with Gasteiger partial charge in [-0.3, -0.25) is 9.59 Å². The SMILES string of the molecule is C#Cc1ccc(C(C(=O)NCCCCC)N(CCCC)C(=O)C(NC(=O)OC(C)(C)C)C(C)C)cc1. The Balaban J connectivity index is 3.39. The summed E-state index contributed by atoms with van der Waals surface area (Å²) in [6.45, 7) is 14.1. The van der Waals surface area contributed by atoms with Crippen LogP contribution in [0.2, 0.25) is 0 Å². The van der Waals surface area contributed by atoms with E-state index in [9.17, 15) is 14.4 Å². The van der Waals surface area contributed by atoms with Gasteiger partial charge in [-0.2, -0.15) is 0 Å². The van der Waals surface area contributed by atoms with Crippen molar-refractivity contribution in [2.75, 3.05) is 13.1 Å². The van der Waals surface area contributed by atoms with Crippen molar-refractivity contribution in [2.24, 2.45) is 5.92 Å². The third-order valence-electron chi connectivity index (χ3n) is 5.67. The van der Waals surface area contributed by atoms with Gasteiger partial charge in [0.05, 0.1) is 0 Å². The molecular formula is C29H45N3O4. The first-order valence-corrected chi connectivity index (χ1v) is 13.1. The van der Waals surface area contributed by atoms with Crippen molar-refractivity contribution >= 4 is 17.9 Å². The Hall–Kier alpha value is -3.01. The van der Waals surface area contributed by atoms with Gasteiger partial charge in [0.25, 0.3) is 0 Å². The zero-order valence-corrected chi connectivity index (χ0v) is 23.1. The second-order valence-corrected chi connectivity index (χ2v) is 10.4. The number of unbranched alkanes of at least 4 members (excludes halogenated alkanes) is 3. The lowest BCUT2D eigenvalue weighted by Crippen LogP contribution is -2.55. The van der Waals surface area contributed by atoms with E-state index in [1.807, 2.05) is 20.8 Å². The lowest BCUT2D eigenvalue weighted by Gasteiger charge is -2.35. The molecule has 2 atom stereocenters. The summed E-state index contributed by atoms with van der Waals surface area (Å²) in [5.41, 5.74) is 0.668. The Bertz CT molecular complexity index is 881. The van der Waals surface area contributed by atoms with Crippen LogP contribution in [0.4, 0.5) is 4.79 Å². The highest BCUT2D eigenvalue weighted by Crippen LogP contribution is 2.25. The minimum absolute atomic E-state index is 0.216. The Morgan fingerprint density at radius 1 is 1.03 bits per heavy atom. The number of carbonyl (C=O) groups is 3. The van der Waals surface area contributed by atoms with Crippen molar-refractivity contribution in [3.8, 4) is 12.3 Å². The first-order valence-electron chi connectivity index (χ1n) is 13.1. The highest BCUT2D eigenvalue weighted by Gasteiger charge is 2.37. The molecule has 7 nitrogen and oxygen atoms in total. The van der Waals surface area contributed by atoms with E-state index >= 15 is 0 Å². The van der Waals surface area contributed by atoms with Crippen LogP contribution in [-0.4, -0.2) is 47.5 Å². The first kappa shape index (κ1) is 31.0. The number of hydrogen-bond donors (Lipinski definition) is 2. The van der Waals surface area contributed by atoms with Gasteiger partial charge in [0.2, 0.25) is 11.8 Å². The Labute approximate surface area is 217 Å². The van der Waals surface area contributed by atoms with Gasteiger partial charge >= 0.3 is 6.09 Å². The van der Waals surface area contributed by atoms with E-state index < -0.39 is 23.8 Å². The second-order valence-electron chi connectivity index (χ2n) is 10.4. The molecule has 0 radical (unpaired) electrons. The van der Waals surface area contributed by atoms with Crippen LogP contribution in [0.1, 0.15) is 97.7 Å². The number of terminal acetylenes is 1. The molecule has 0 spiro atoms. The number of carbonyl (C=O) groups excluding carboxylic acids is 3. The normalized spacial score (nSPS) is 12.9. The Kier molecular flexibility index (Phi) is 13.1. The zero-order valence-electron chi connectivity index (χ0n) is 23.1. The second kappa shape index (κ2) is 15.2. The molecule has 0 aliphatic rings. The minimum Gasteiger partial charge on any atom is -0.444 e. The van der Waals surface area contributed by atoms with E-state index in [4.69, 9.17) is 11.2 Å². The van der Waals surface area contributed by atoms with Crippen molar-refractivity contribution in [3.63, 3.8) is 0 Å². The number of nitrogens with one attached hydrogen (secondary N) is 2. The molecule has 0 heterocycles. The summed E-state index contributed by atoms with van der Waals surface area (Å²) in [4.78, 5) is 41.6. The standard InChI is InChI=1S/C29H45N3O4/c1-9-12-14-19-30-26(33)25(23-17-15-22(11-3)16-18-23)32(20-13-10-2)27(34)24(21(4)5)31-28(35)36-29(6,7)8/h3,15-18,21,24-25H,9-10,12-14,19-20H2,1-2,4-8H3,(H,30,33)(H,31,35). The predicted molar refractivity (Wildman–Crippen MR) is 144 cm³/mol. The van der Waals surface area contributed by atoms with Crippen LogP contribution in [0.5, 0.6) is 0 Å². The number of rotatable bonds is 13. The third-order valence-corrected chi connectivity index (χ3v) is 5.67. The van der Waals surface area contributed by atoms with Crippen molar-refractivity contribution in [3.05, 3.63) is 35.4 Å². The lowest BCUT2D eigenvalue weighted by molar-refractivity contribution is -0.143. The van der Waals surface area contributed by atoms with Gasteiger partial charge in [0.15, 0.2) is 0 Å².